The van der Waals surface area contributed by atoms with E-state index in [4.69, 9.17) is 27.9 Å². The zero-order valence-corrected chi connectivity index (χ0v) is 20.0. The number of halogens is 2. The molecule has 168 valence electrons. The number of benzene rings is 2. The number of amides is 2. The fourth-order valence-corrected chi connectivity index (χ4v) is 3.84. The number of hydrogen-bond donors (Lipinski definition) is 1. The second-order valence-corrected chi connectivity index (χ2v) is 8.31. The summed E-state index contributed by atoms with van der Waals surface area (Å²) in [5, 5.41) is 3.78. The number of hydrogen-bond acceptors (Lipinski definition) is 3. The van der Waals surface area contributed by atoms with E-state index in [0.29, 0.717) is 34.3 Å². The Hall–Kier alpha value is -2.24. The lowest BCUT2D eigenvalue weighted by Gasteiger charge is -2.31. The lowest BCUT2D eigenvalue weighted by molar-refractivity contribution is -0.143. The largest absolute Gasteiger partial charge is 0.483 e. The van der Waals surface area contributed by atoms with Crippen molar-refractivity contribution < 1.29 is 14.3 Å². The third kappa shape index (κ3) is 6.88. The van der Waals surface area contributed by atoms with E-state index < -0.39 is 6.04 Å². The summed E-state index contributed by atoms with van der Waals surface area (Å²) in [7, 11) is 0. The number of nitrogens with one attached hydrogen (secondary N) is 1. The molecule has 1 unspecified atom stereocenters. The van der Waals surface area contributed by atoms with Crippen molar-refractivity contribution in [3.8, 4) is 5.75 Å². The van der Waals surface area contributed by atoms with Gasteiger partial charge >= 0.3 is 0 Å². The van der Waals surface area contributed by atoms with Crippen LogP contribution in [0.3, 0.4) is 0 Å². The standard InChI is InChI=1S/C24H30Cl2N2O3/c1-5-12-27-24(30)21(6-2)28(14-18-19(25)8-7-9-20(18)26)23(29)15-31-22-11-10-16(3)13-17(22)4/h7-11,13,21H,5-6,12,14-15H2,1-4H3,(H,27,30). The van der Waals surface area contributed by atoms with Gasteiger partial charge in [0, 0.05) is 28.7 Å². The third-order valence-electron chi connectivity index (χ3n) is 5.01. The van der Waals surface area contributed by atoms with Crippen LogP contribution in [0.4, 0.5) is 0 Å². The Morgan fingerprint density at radius 2 is 1.77 bits per heavy atom. The Morgan fingerprint density at radius 3 is 2.35 bits per heavy atom. The van der Waals surface area contributed by atoms with Crippen LogP contribution in [0.2, 0.25) is 10.0 Å². The molecule has 0 aromatic heterocycles. The molecule has 0 spiro atoms. The third-order valence-corrected chi connectivity index (χ3v) is 5.72. The Balaban J connectivity index is 2.28. The highest BCUT2D eigenvalue weighted by Crippen LogP contribution is 2.27. The van der Waals surface area contributed by atoms with Gasteiger partial charge in [-0.2, -0.15) is 0 Å². The van der Waals surface area contributed by atoms with Gasteiger partial charge in [0.15, 0.2) is 6.61 Å². The lowest BCUT2D eigenvalue weighted by Crippen LogP contribution is -2.50. The summed E-state index contributed by atoms with van der Waals surface area (Å²) >= 11 is 12.7. The van der Waals surface area contributed by atoms with Crippen LogP contribution in [-0.2, 0) is 16.1 Å². The summed E-state index contributed by atoms with van der Waals surface area (Å²) < 4.78 is 5.80. The van der Waals surface area contributed by atoms with Crippen LogP contribution in [0.25, 0.3) is 0 Å². The molecule has 1 atom stereocenters. The van der Waals surface area contributed by atoms with Gasteiger partial charge in [0.05, 0.1) is 0 Å². The highest BCUT2D eigenvalue weighted by molar-refractivity contribution is 6.36. The molecule has 2 amide bonds. The molecular weight excluding hydrogens is 435 g/mol. The van der Waals surface area contributed by atoms with Crippen molar-refractivity contribution in [2.24, 2.45) is 0 Å². The van der Waals surface area contributed by atoms with Crippen LogP contribution in [0.5, 0.6) is 5.75 Å². The van der Waals surface area contributed by atoms with Crippen molar-refractivity contribution in [1.29, 1.82) is 0 Å². The first-order valence-electron chi connectivity index (χ1n) is 10.5. The predicted octanol–water partition coefficient (Wildman–Crippen LogP) is 5.32. The van der Waals surface area contributed by atoms with E-state index in [-0.39, 0.29) is 25.0 Å². The topological polar surface area (TPSA) is 58.6 Å². The van der Waals surface area contributed by atoms with Crippen molar-refractivity contribution in [1.82, 2.24) is 10.2 Å². The average Bonchev–Trinajstić information content (AvgIpc) is 2.73. The predicted molar refractivity (Wildman–Crippen MR) is 126 cm³/mol. The highest BCUT2D eigenvalue weighted by atomic mass is 35.5. The maximum atomic E-state index is 13.2. The van der Waals surface area contributed by atoms with Gasteiger partial charge < -0.3 is 15.0 Å². The summed E-state index contributed by atoms with van der Waals surface area (Å²) in [5.41, 5.74) is 2.67. The minimum Gasteiger partial charge on any atom is -0.483 e. The van der Waals surface area contributed by atoms with E-state index in [1.165, 1.54) is 4.90 Å². The fourth-order valence-electron chi connectivity index (χ4n) is 3.32. The smallest absolute Gasteiger partial charge is 0.261 e. The SMILES string of the molecule is CCCNC(=O)C(CC)N(Cc1c(Cl)cccc1Cl)C(=O)COc1ccc(C)cc1C. The van der Waals surface area contributed by atoms with Crippen molar-refractivity contribution in [3.63, 3.8) is 0 Å². The second kappa shape index (κ2) is 12.0. The van der Waals surface area contributed by atoms with Gasteiger partial charge in [-0.25, -0.2) is 0 Å². The quantitative estimate of drug-likeness (QED) is 0.517. The molecule has 0 saturated heterocycles. The van der Waals surface area contributed by atoms with E-state index in [9.17, 15) is 9.59 Å². The summed E-state index contributed by atoms with van der Waals surface area (Å²) in [6.45, 7) is 8.25. The molecule has 2 aromatic rings. The van der Waals surface area contributed by atoms with E-state index in [0.717, 1.165) is 17.5 Å². The molecule has 0 aliphatic heterocycles. The molecule has 0 fully saturated rings. The first kappa shape index (κ1) is 25.0. The number of carbonyl (C=O) groups excluding carboxylic acids is 2. The summed E-state index contributed by atoms with van der Waals surface area (Å²) in [4.78, 5) is 27.5. The zero-order chi connectivity index (χ0) is 23.0. The first-order valence-corrected chi connectivity index (χ1v) is 11.2. The lowest BCUT2D eigenvalue weighted by atomic mass is 10.1. The van der Waals surface area contributed by atoms with Gasteiger partial charge in [-0.15, -0.1) is 0 Å². The monoisotopic (exact) mass is 464 g/mol. The molecule has 0 bridgehead atoms. The Labute approximate surface area is 194 Å². The molecule has 0 radical (unpaired) electrons. The van der Waals surface area contributed by atoms with Gasteiger partial charge in [0.25, 0.3) is 5.91 Å². The Kier molecular flexibility index (Phi) is 9.66. The van der Waals surface area contributed by atoms with Crippen molar-refractivity contribution in [3.05, 3.63) is 63.1 Å². The highest BCUT2D eigenvalue weighted by Gasteiger charge is 2.30. The van der Waals surface area contributed by atoms with Crippen LogP contribution >= 0.6 is 23.2 Å². The molecule has 0 saturated carbocycles. The molecule has 0 aliphatic carbocycles. The molecular formula is C24H30Cl2N2O3. The Bertz CT molecular complexity index is 897. The minimum atomic E-state index is -0.658. The number of carbonyl (C=O) groups is 2. The molecule has 2 aromatic carbocycles. The van der Waals surface area contributed by atoms with Crippen molar-refractivity contribution >= 4 is 35.0 Å². The first-order chi connectivity index (χ1) is 14.8. The van der Waals surface area contributed by atoms with Crippen LogP contribution in [0, 0.1) is 13.8 Å². The molecule has 0 heterocycles. The normalized spacial score (nSPS) is 11.7. The Morgan fingerprint density at radius 1 is 1.10 bits per heavy atom. The summed E-state index contributed by atoms with van der Waals surface area (Å²) in [5.74, 6) is 0.125. The van der Waals surface area contributed by atoms with E-state index in [2.05, 4.69) is 5.32 Å². The summed E-state index contributed by atoms with van der Waals surface area (Å²) in [6.07, 6.45) is 1.26. The van der Waals surface area contributed by atoms with Crippen LogP contribution < -0.4 is 10.1 Å². The molecule has 0 aliphatic rings. The van der Waals surface area contributed by atoms with Gasteiger partial charge in [-0.1, -0.05) is 60.8 Å². The van der Waals surface area contributed by atoms with Gasteiger partial charge in [-0.3, -0.25) is 9.59 Å². The van der Waals surface area contributed by atoms with Crippen molar-refractivity contribution in [2.45, 2.75) is 53.1 Å². The maximum absolute atomic E-state index is 13.2. The molecule has 7 heteroatoms. The number of aryl methyl sites for hydroxylation is 2. The fraction of sp³-hybridized carbons (Fsp3) is 0.417. The molecule has 31 heavy (non-hydrogen) atoms. The molecule has 1 N–H and O–H groups in total. The average molecular weight is 465 g/mol. The number of nitrogens with zero attached hydrogens (tertiary/aromatic N) is 1. The van der Waals surface area contributed by atoms with E-state index in [1.54, 1.807) is 18.2 Å². The maximum Gasteiger partial charge on any atom is 0.261 e. The van der Waals surface area contributed by atoms with Crippen LogP contribution in [-0.4, -0.2) is 35.9 Å². The number of rotatable bonds is 10. The molecule has 2 rings (SSSR count). The molecule has 5 nitrogen and oxygen atoms in total. The van der Waals surface area contributed by atoms with Crippen LogP contribution in [0.15, 0.2) is 36.4 Å². The summed E-state index contributed by atoms with van der Waals surface area (Å²) in [6, 6.07) is 10.3. The minimum absolute atomic E-state index is 0.117. The van der Waals surface area contributed by atoms with Gasteiger partial charge in [0.1, 0.15) is 11.8 Å². The van der Waals surface area contributed by atoms with Gasteiger partial charge in [0.2, 0.25) is 5.91 Å². The number of ether oxygens (including phenoxy) is 1. The second-order valence-electron chi connectivity index (χ2n) is 7.49. The van der Waals surface area contributed by atoms with Gasteiger partial charge in [-0.05, 0) is 50.5 Å². The van der Waals surface area contributed by atoms with E-state index in [1.807, 2.05) is 45.9 Å². The van der Waals surface area contributed by atoms with E-state index >= 15 is 0 Å². The van der Waals surface area contributed by atoms with Crippen molar-refractivity contribution in [2.75, 3.05) is 13.2 Å². The van der Waals surface area contributed by atoms with Crippen LogP contribution in [0.1, 0.15) is 43.4 Å². The zero-order valence-electron chi connectivity index (χ0n) is 18.5.